The third-order valence-corrected chi connectivity index (χ3v) is 2.36. The third-order valence-electron chi connectivity index (χ3n) is 2.36. The number of hydrogen-bond acceptors (Lipinski definition) is 4. The zero-order valence-electron chi connectivity index (χ0n) is 10.6. The molecular formula is C12H14N4O3. The van der Waals surface area contributed by atoms with Crippen molar-refractivity contribution in [2.24, 2.45) is 0 Å². The van der Waals surface area contributed by atoms with Gasteiger partial charge in [0.25, 0.3) is 0 Å². The third kappa shape index (κ3) is 3.01. The number of carbonyl (C=O) groups is 1. The largest absolute Gasteiger partial charge is 0.450 e. The molecule has 100 valence electrons. The Labute approximate surface area is 109 Å². The van der Waals surface area contributed by atoms with E-state index in [1.54, 1.807) is 38.1 Å². The molecule has 0 radical (unpaired) electrons. The summed E-state index contributed by atoms with van der Waals surface area (Å²) in [6.07, 6.45) is -0.511. The fourth-order valence-electron chi connectivity index (χ4n) is 1.57. The van der Waals surface area contributed by atoms with E-state index in [1.165, 1.54) is 4.68 Å². The maximum absolute atomic E-state index is 11.5. The molecule has 0 aliphatic carbocycles. The van der Waals surface area contributed by atoms with Gasteiger partial charge < -0.3 is 4.74 Å². The van der Waals surface area contributed by atoms with Gasteiger partial charge in [0.2, 0.25) is 0 Å². The van der Waals surface area contributed by atoms with Crippen molar-refractivity contribution in [1.82, 2.24) is 14.8 Å². The summed E-state index contributed by atoms with van der Waals surface area (Å²) in [4.78, 5) is 25.3. The molecule has 2 N–H and O–H groups in total. The van der Waals surface area contributed by atoms with Gasteiger partial charge in [0.15, 0.2) is 0 Å². The smallest absolute Gasteiger partial charge is 0.411 e. The summed E-state index contributed by atoms with van der Waals surface area (Å²) in [5.41, 5.74) is 0.898. The summed E-state index contributed by atoms with van der Waals surface area (Å²) in [5, 5.41) is 6.60. The Hall–Kier alpha value is -2.57. The summed E-state index contributed by atoms with van der Waals surface area (Å²) in [6.45, 7) is 3.75. The first-order chi connectivity index (χ1) is 9.10. The van der Waals surface area contributed by atoms with E-state index >= 15 is 0 Å². The summed E-state index contributed by atoms with van der Waals surface area (Å²) >= 11 is 0. The molecule has 1 amide bonds. The maximum atomic E-state index is 11.5. The summed E-state index contributed by atoms with van der Waals surface area (Å²) in [5.74, 6) is 0.540. The summed E-state index contributed by atoms with van der Waals surface area (Å²) in [7, 11) is 0. The minimum atomic E-state index is -0.511. The number of benzene rings is 1. The monoisotopic (exact) mass is 262 g/mol. The van der Waals surface area contributed by atoms with Crippen molar-refractivity contribution < 1.29 is 9.53 Å². The van der Waals surface area contributed by atoms with Gasteiger partial charge in [0.1, 0.15) is 5.82 Å². The van der Waals surface area contributed by atoms with Gasteiger partial charge in [0.05, 0.1) is 12.3 Å². The average molecular weight is 262 g/mol. The standard InChI is InChI=1S/C12H14N4O3/c1-3-19-12(18)14-9-4-6-10(7-5-9)16-11(17)13-8(2)15-16/h4-7H,3H2,1-2H3,(H,14,18)(H,13,15,17). The first-order valence-corrected chi connectivity index (χ1v) is 5.80. The van der Waals surface area contributed by atoms with E-state index in [2.05, 4.69) is 15.4 Å². The SMILES string of the molecule is CCOC(=O)Nc1ccc(-n2nc(C)[nH]c2=O)cc1. The molecule has 7 heteroatoms. The molecule has 0 atom stereocenters. The zero-order chi connectivity index (χ0) is 13.8. The van der Waals surface area contributed by atoms with Crippen molar-refractivity contribution in [3.8, 4) is 5.69 Å². The van der Waals surface area contributed by atoms with Gasteiger partial charge in [-0.15, -0.1) is 0 Å². The number of hydrogen-bond donors (Lipinski definition) is 2. The number of aromatic amines is 1. The van der Waals surface area contributed by atoms with Gasteiger partial charge in [-0.2, -0.15) is 9.78 Å². The molecule has 0 fully saturated rings. The highest BCUT2D eigenvalue weighted by molar-refractivity contribution is 5.84. The highest BCUT2D eigenvalue weighted by Gasteiger charge is 2.05. The second-order valence-electron chi connectivity index (χ2n) is 3.82. The highest BCUT2D eigenvalue weighted by Crippen LogP contribution is 2.11. The van der Waals surface area contributed by atoms with Crippen LogP contribution in [-0.2, 0) is 4.74 Å². The number of nitrogens with one attached hydrogen (secondary N) is 2. The van der Waals surface area contributed by atoms with E-state index < -0.39 is 6.09 Å². The van der Waals surface area contributed by atoms with Crippen molar-refractivity contribution in [1.29, 1.82) is 0 Å². The molecule has 0 bridgehead atoms. The summed E-state index contributed by atoms with van der Waals surface area (Å²) in [6, 6.07) is 6.71. The van der Waals surface area contributed by atoms with E-state index in [9.17, 15) is 9.59 Å². The number of rotatable bonds is 3. The number of anilines is 1. The molecule has 7 nitrogen and oxygen atoms in total. The van der Waals surface area contributed by atoms with Gasteiger partial charge in [-0.1, -0.05) is 0 Å². The van der Waals surface area contributed by atoms with E-state index in [1.807, 2.05) is 0 Å². The van der Waals surface area contributed by atoms with Crippen molar-refractivity contribution in [3.63, 3.8) is 0 Å². The number of amides is 1. The van der Waals surface area contributed by atoms with Crippen molar-refractivity contribution >= 4 is 11.8 Å². The lowest BCUT2D eigenvalue weighted by Gasteiger charge is -2.05. The van der Waals surface area contributed by atoms with Crippen molar-refractivity contribution in [3.05, 3.63) is 40.6 Å². The minimum absolute atomic E-state index is 0.302. The van der Waals surface area contributed by atoms with Crippen molar-refractivity contribution in [2.45, 2.75) is 13.8 Å². The molecule has 0 spiro atoms. The topological polar surface area (TPSA) is 89.0 Å². The van der Waals surface area contributed by atoms with Crippen LogP contribution >= 0.6 is 0 Å². The molecule has 0 saturated heterocycles. The predicted molar refractivity (Wildman–Crippen MR) is 69.6 cm³/mol. The molecule has 0 unspecified atom stereocenters. The fraction of sp³-hybridized carbons (Fsp3) is 0.250. The second-order valence-corrected chi connectivity index (χ2v) is 3.82. The molecule has 1 aromatic carbocycles. The molecule has 0 aliphatic rings. The zero-order valence-corrected chi connectivity index (χ0v) is 10.6. The van der Waals surface area contributed by atoms with Gasteiger partial charge in [-0.3, -0.25) is 10.3 Å². The Morgan fingerprint density at radius 3 is 2.63 bits per heavy atom. The normalized spacial score (nSPS) is 10.2. The van der Waals surface area contributed by atoms with Gasteiger partial charge in [-0.25, -0.2) is 9.59 Å². The molecule has 0 saturated carbocycles. The fourth-order valence-corrected chi connectivity index (χ4v) is 1.57. The average Bonchev–Trinajstić information content (AvgIpc) is 2.70. The van der Waals surface area contributed by atoms with E-state index in [-0.39, 0.29) is 5.69 Å². The lowest BCUT2D eigenvalue weighted by atomic mass is 10.3. The van der Waals surface area contributed by atoms with Crippen LogP contribution in [0.4, 0.5) is 10.5 Å². The molecule has 0 aliphatic heterocycles. The van der Waals surface area contributed by atoms with Crippen LogP contribution in [0.5, 0.6) is 0 Å². The number of carbonyl (C=O) groups excluding carboxylic acids is 1. The number of aryl methyl sites for hydroxylation is 1. The highest BCUT2D eigenvalue weighted by atomic mass is 16.5. The second kappa shape index (κ2) is 5.38. The van der Waals surface area contributed by atoms with Crippen LogP contribution in [0, 0.1) is 6.92 Å². The Morgan fingerprint density at radius 1 is 1.42 bits per heavy atom. The Balaban J connectivity index is 2.17. The van der Waals surface area contributed by atoms with Crippen LogP contribution in [0.1, 0.15) is 12.7 Å². The van der Waals surface area contributed by atoms with Gasteiger partial charge in [-0.05, 0) is 38.1 Å². The molecule has 1 aromatic heterocycles. The first kappa shape index (κ1) is 12.9. The first-order valence-electron chi connectivity index (χ1n) is 5.80. The van der Waals surface area contributed by atoms with Crippen LogP contribution in [-0.4, -0.2) is 27.5 Å². The number of H-pyrrole nitrogens is 1. The maximum Gasteiger partial charge on any atom is 0.411 e. The van der Waals surface area contributed by atoms with Gasteiger partial charge >= 0.3 is 11.8 Å². The molecule has 19 heavy (non-hydrogen) atoms. The van der Waals surface area contributed by atoms with E-state index in [0.29, 0.717) is 23.8 Å². The Bertz CT molecular complexity index is 627. The lowest BCUT2D eigenvalue weighted by molar-refractivity contribution is 0.168. The van der Waals surface area contributed by atoms with Crippen LogP contribution < -0.4 is 11.0 Å². The molecule has 2 aromatic rings. The predicted octanol–water partition coefficient (Wildman–Crippen LogP) is 1.44. The number of ether oxygens (including phenoxy) is 1. The Kier molecular flexibility index (Phi) is 3.65. The lowest BCUT2D eigenvalue weighted by Crippen LogP contribution is -2.16. The number of aromatic nitrogens is 3. The Morgan fingerprint density at radius 2 is 2.11 bits per heavy atom. The number of nitrogens with zero attached hydrogens (tertiary/aromatic N) is 2. The van der Waals surface area contributed by atoms with Crippen molar-refractivity contribution in [2.75, 3.05) is 11.9 Å². The van der Waals surface area contributed by atoms with E-state index in [0.717, 1.165) is 0 Å². The van der Waals surface area contributed by atoms with Crippen LogP contribution in [0.3, 0.4) is 0 Å². The summed E-state index contributed by atoms with van der Waals surface area (Å²) < 4.78 is 6.01. The molecular weight excluding hydrogens is 248 g/mol. The minimum Gasteiger partial charge on any atom is -0.450 e. The van der Waals surface area contributed by atoms with Gasteiger partial charge in [0, 0.05) is 5.69 Å². The quantitative estimate of drug-likeness (QED) is 0.875. The van der Waals surface area contributed by atoms with Crippen LogP contribution in [0.25, 0.3) is 5.69 Å². The van der Waals surface area contributed by atoms with Crippen LogP contribution in [0.2, 0.25) is 0 Å². The molecule has 2 rings (SSSR count). The molecule has 1 heterocycles. The van der Waals surface area contributed by atoms with E-state index in [4.69, 9.17) is 4.74 Å². The van der Waals surface area contributed by atoms with Crippen LogP contribution in [0.15, 0.2) is 29.1 Å².